The van der Waals surface area contributed by atoms with Gasteiger partial charge in [-0.05, 0) is 19.8 Å². The van der Waals surface area contributed by atoms with Gasteiger partial charge in [0.1, 0.15) is 5.56 Å². The first-order valence-corrected chi connectivity index (χ1v) is 6.62. The Morgan fingerprint density at radius 1 is 1.59 bits per heavy atom. The van der Waals surface area contributed by atoms with Gasteiger partial charge in [0, 0.05) is 35.9 Å². The lowest BCUT2D eigenvalue weighted by Gasteiger charge is -2.29. The van der Waals surface area contributed by atoms with Crippen molar-refractivity contribution < 1.29 is 4.79 Å². The van der Waals surface area contributed by atoms with Gasteiger partial charge >= 0.3 is 0 Å². The number of hydrogen-bond donors (Lipinski definition) is 1. The fraction of sp³-hybridized carbons (Fsp3) is 0.500. The van der Waals surface area contributed by atoms with Crippen molar-refractivity contribution in [2.75, 3.05) is 13.1 Å². The molecule has 1 atom stereocenters. The topological polar surface area (TPSA) is 53.2 Å². The van der Waals surface area contributed by atoms with Crippen LogP contribution in [-0.2, 0) is 0 Å². The van der Waals surface area contributed by atoms with Crippen molar-refractivity contribution in [1.29, 1.82) is 0 Å². The fourth-order valence-electron chi connectivity index (χ4n) is 2.02. The third kappa shape index (κ3) is 2.77. The Labute approximate surface area is 108 Å². The molecule has 0 bridgehead atoms. The van der Waals surface area contributed by atoms with Crippen LogP contribution in [0.25, 0.3) is 0 Å². The molecule has 1 aliphatic heterocycles. The van der Waals surface area contributed by atoms with Gasteiger partial charge in [-0.2, -0.15) is 0 Å². The molecule has 1 amide bonds. The van der Waals surface area contributed by atoms with E-state index < -0.39 is 0 Å². The smallest absolute Gasteiger partial charge is 0.259 e. The molecule has 0 radical (unpaired) electrons. The number of aryl methyl sites for hydroxylation is 1. The minimum Gasteiger partial charge on any atom is -0.364 e. The highest BCUT2D eigenvalue weighted by molar-refractivity contribution is 9.09. The van der Waals surface area contributed by atoms with Crippen molar-refractivity contribution >= 4 is 21.8 Å². The molecule has 5 heteroatoms. The van der Waals surface area contributed by atoms with Gasteiger partial charge in [0.15, 0.2) is 5.43 Å². The van der Waals surface area contributed by atoms with E-state index in [1.54, 1.807) is 11.8 Å². The Morgan fingerprint density at radius 2 is 2.35 bits per heavy atom. The van der Waals surface area contributed by atoms with E-state index in [-0.39, 0.29) is 16.9 Å². The van der Waals surface area contributed by atoms with Crippen LogP contribution in [0.2, 0.25) is 0 Å². The Balaban J connectivity index is 2.22. The zero-order valence-corrected chi connectivity index (χ0v) is 11.3. The van der Waals surface area contributed by atoms with Crippen LogP contribution < -0.4 is 5.43 Å². The third-order valence-corrected chi connectivity index (χ3v) is 3.69. The number of carbonyl (C=O) groups excluding carboxylic acids is 1. The van der Waals surface area contributed by atoms with E-state index in [1.807, 2.05) is 0 Å². The summed E-state index contributed by atoms with van der Waals surface area (Å²) >= 11 is 3.52. The molecule has 0 aromatic carbocycles. The first-order chi connectivity index (χ1) is 8.08. The standard InChI is InChI=1S/C12H15BrN2O2/c1-8-5-11(16)10(6-14-8)12(17)15-4-2-3-9(13)7-15/h5-6,9H,2-4,7H2,1H3,(H,14,16). The predicted octanol–water partition coefficient (Wildman–Crippen LogP) is 1.68. The van der Waals surface area contributed by atoms with Crippen LogP contribution in [0.3, 0.4) is 0 Å². The number of hydrogen-bond acceptors (Lipinski definition) is 2. The van der Waals surface area contributed by atoms with Crippen LogP contribution in [0.1, 0.15) is 28.9 Å². The summed E-state index contributed by atoms with van der Waals surface area (Å²) in [7, 11) is 0. The van der Waals surface area contributed by atoms with Crippen LogP contribution in [-0.4, -0.2) is 33.7 Å². The molecule has 1 aromatic rings. The number of alkyl halides is 1. The van der Waals surface area contributed by atoms with E-state index in [2.05, 4.69) is 20.9 Å². The summed E-state index contributed by atoms with van der Waals surface area (Å²) in [6.45, 7) is 3.20. The SMILES string of the molecule is Cc1cc(=O)c(C(=O)N2CCCC(Br)C2)c[nH]1. The van der Waals surface area contributed by atoms with E-state index in [9.17, 15) is 9.59 Å². The number of rotatable bonds is 1. The molecule has 0 aliphatic carbocycles. The molecule has 2 rings (SSSR count). The first-order valence-electron chi connectivity index (χ1n) is 5.70. The molecule has 1 fully saturated rings. The highest BCUT2D eigenvalue weighted by atomic mass is 79.9. The Hall–Kier alpha value is -1.10. The summed E-state index contributed by atoms with van der Waals surface area (Å²) in [6.07, 6.45) is 3.57. The number of carbonyl (C=O) groups is 1. The summed E-state index contributed by atoms with van der Waals surface area (Å²) in [5.74, 6) is -0.171. The van der Waals surface area contributed by atoms with Crippen LogP contribution in [0.5, 0.6) is 0 Å². The quantitative estimate of drug-likeness (QED) is 0.802. The molecular weight excluding hydrogens is 284 g/mol. The van der Waals surface area contributed by atoms with Crippen molar-refractivity contribution in [3.63, 3.8) is 0 Å². The molecule has 1 saturated heterocycles. The van der Waals surface area contributed by atoms with E-state index in [4.69, 9.17) is 0 Å². The maximum atomic E-state index is 12.2. The van der Waals surface area contributed by atoms with E-state index >= 15 is 0 Å². The van der Waals surface area contributed by atoms with Gasteiger partial charge in [-0.1, -0.05) is 15.9 Å². The molecule has 92 valence electrons. The summed E-state index contributed by atoms with van der Waals surface area (Å²) in [6, 6.07) is 1.46. The molecule has 0 spiro atoms. The average Bonchev–Trinajstić information content (AvgIpc) is 2.28. The molecule has 1 aromatic heterocycles. The average molecular weight is 299 g/mol. The zero-order valence-electron chi connectivity index (χ0n) is 9.70. The Kier molecular flexibility index (Phi) is 3.66. The summed E-state index contributed by atoms with van der Waals surface area (Å²) in [5, 5.41) is 0. The number of H-pyrrole nitrogens is 1. The third-order valence-electron chi connectivity index (χ3n) is 2.94. The van der Waals surface area contributed by atoms with Gasteiger partial charge in [-0.15, -0.1) is 0 Å². The van der Waals surface area contributed by atoms with Gasteiger partial charge in [0.05, 0.1) is 0 Å². The second-order valence-electron chi connectivity index (χ2n) is 4.38. The van der Waals surface area contributed by atoms with Gasteiger partial charge in [0.2, 0.25) is 0 Å². The number of halogens is 1. The van der Waals surface area contributed by atoms with Crippen LogP contribution >= 0.6 is 15.9 Å². The zero-order chi connectivity index (χ0) is 12.4. The fourth-order valence-corrected chi connectivity index (χ4v) is 2.69. The maximum Gasteiger partial charge on any atom is 0.259 e. The van der Waals surface area contributed by atoms with Crippen LogP contribution in [0.4, 0.5) is 0 Å². The number of nitrogens with zero attached hydrogens (tertiary/aromatic N) is 1. The molecule has 2 heterocycles. The highest BCUT2D eigenvalue weighted by Gasteiger charge is 2.24. The molecule has 1 aliphatic rings. The van der Waals surface area contributed by atoms with Crippen molar-refractivity contribution in [2.24, 2.45) is 0 Å². The molecule has 1 unspecified atom stereocenters. The first kappa shape index (κ1) is 12.4. The normalized spacial score (nSPS) is 20.4. The number of amides is 1. The largest absolute Gasteiger partial charge is 0.364 e. The molecular formula is C12H15BrN2O2. The van der Waals surface area contributed by atoms with Crippen LogP contribution in [0.15, 0.2) is 17.1 Å². The molecule has 4 nitrogen and oxygen atoms in total. The second-order valence-corrected chi connectivity index (χ2v) is 5.68. The van der Waals surface area contributed by atoms with Gasteiger partial charge < -0.3 is 9.88 Å². The lowest BCUT2D eigenvalue weighted by atomic mass is 10.1. The Morgan fingerprint density at radius 3 is 3.00 bits per heavy atom. The minimum absolute atomic E-state index is 0.171. The van der Waals surface area contributed by atoms with Crippen molar-refractivity contribution in [3.8, 4) is 0 Å². The minimum atomic E-state index is -0.206. The number of aromatic nitrogens is 1. The van der Waals surface area contributed by atoms with E-state index in [1.165, 1.54) is 12.3 Å². The molecule has 1 N–H and O–H groups in total. The van der Waals surface area contributed by atoms with Gasteiger partial charge in [-0.3, -0.25) is 9.59 Å². The van der Waals surface area contributed by atoms with E-state index in [0.717, 1.165) is 25.1 Å². The van der Waals surface area contributed by atoms with Crippen LogP contribution in [0, 0.1) is 6.92 Å². The lowest BCUT2D eigenvalue weighted by molar-refractivity contribution is 0.0728. The second kappa shape index (κ2) is 5.04. The van der Waals surface area contributed by atoms with Crippen molar-refractivity contribution in [1.82, 2.24) is 9.88 Å². The number of nitrogens with one attached hydrogen (secondary N) is 1. The summed E-state index contributed by atoms with van der Waals surface area (Å²) in [4.78, 5) is 28.9. The summed E-state index contributed by atoms with van der Waals surface area (Å²) in [5.41, 5.74) is 0.795. The number of piperidine rings is 1. The highest BCUT2D eigenvalue weighted by Crippen LogP contribution is 2.17. The number of aromatic amines is 1. The van der Waals surface area contributed by atoms with Crippen molar-refractivity contribution in [2.45, 2.75) is 24.6 Å². The maximum absolute atomic E-state index is 12.2. The van der Waals surface area contributed by atoms with Gasteiger partial charge in [0.25, 0.3) is 5.91 Å². The Bertz CT molecular complexity index is 484. The molecule has 17 heavy (non-hydrogen) atoms. The molecule has 0 saturated carbocycles. The number of pyridine rings is 1. The monoisotopic (exact) mass is 298 g/mol. The lowest BCUT2D eigenvalue weighted by Crippen LogP contribution is -2.41. The van der Waals surface area contributed by atoms with Gasteiger partial charge in [-0.25, -0.2) is 0 Å². The van der Waals surface area contributed by atoms with E-state index in [0.29, 0.717) is 11.4 Å². The summed E-state index contributed by atoms with van der Waals surface area (Å²) < 4.78 is 0. The van der Waals surface area contributed by atoms with Crippen molar-refractivity contribution in [3.05, 3.63) is 33.7 Å². The predicted molar refractivity (Wildman–Crippen MR) is 69.7 cm³/mol. The number of likely N-dealkylation sites (tertiary alicyclic amines) is 1.